The molecule has 0 bridgehead atoms. The SMILES string of the molecule is COc1ccc([C@H]2[C@@H]3CC(CCO)(CCO)C(=O)N3CCN2C(=O)N(C)[C@H](C)c2cc(C(F)(F)F)cc(C(F)(F)F)c2)c(C)c1. The van der Waals surface area contributed by atoms with Crippen molar-refractivity contribution in [2.24, 2.45) is 5.41 Å². The predicted octanol–water partition coefficient (Wildman–Crippen LogP) is 5.56. The van der Waals surface area contributed by atoms with Crippen molar-refractivity contribution < 1.29 is 50.9 Å². The molecule has 2 N–H and O–H groups in total. The van der Waals surface area contributed by atoms with E-state index in [2.05, 4.69) is 0 Å². The summed E-state index contributed by atoms with van der Waals surface area (Å²) in [6.07, 6.45) is -9.66. The molecule has 14 heteroatoms. The summed E-state index contributed by atoms with van der Waals surface area (Å²) >= 11 is 0. The second-order valence-corrected chi connectivity index (χ2v) is 11.8. The third kappa shape index (κ3) is 6.57. The van der Waals surface area contributed by atoms with Crippen LogP contribution in [0, 0.1) is 12.3 Å². The summed E-state index contributed by atoms with van der Waals surface area (Å²) in [5.41, 5.74) is -2.95. The van der Waals surface area contributed by atoms with Crippen molar-refractivity contribution in [1.82, 2.24) is 14.7 Å². The summed E-state index contributed by atoms with van der Waals surface area (Å²) in [5, 5.41) is 19.6. The summed E-state index contributed by atoms with van der Waals surface area (Å²) in [7, 11) is 2.81. The number of amides is 3. The average molecular weight is 646 g/mol. The number of halogens is 6. The van der Waals surface area contributed by atoms with Crippen molar-refractivity contribution in [3.05, 3.63) is 64.2 Å². The van der Waals surface area contributed by atoms with Gasteiger partial charge in [-0.05, 0) is 80.1 Å². The normalized spacial score (nSPS) is 20.7. The van der Waals surface area contributed by atoms with E-state index in [1.54, 1.807) is 30.0 Å². The van der Waals surface area contributed by atoms with Gasteiger partial charge in [-0.25, -0.2) is 4.79 Å². The Morgan fingerprint density at radius 1 is 1.02 bits per heavy atom. The van der Waals surface area contributed by atoms with Gasteiger partial charge in [-0.2, -0.15) is 26.3 Å². The average Bonchev–Trinajstić information content (AvgIpc) is 3.25. The van der Waals surface area contributed by atoms with E-state index in [-0.39, 0.29) is 63.1 Å². The molecule has 3 amide bonds. The minimum atomic E-state index is -5.05. The fourth-order valence-corrected chi connectivity index (χ4v) is 6.64. The lowest BCUT2D eigenvalue weighted by molar-refractivity contribution is -0.143. The third-order valence-corrected chi connectivity index (χ3v) is 9.19. The van der Waals surface area contributed by atoms with Gasteiger partial charge in [0.25, 0.3) is 0 Å². The third-order valence-electron chi connectivity index (χ3n) is 9.19. The molecule has 2 heterocycles. The Hall–Kier alpha value is -3.52. The number of alkyl halides is 6. The number of fused-ring (bicyclic) bond motifs is 1. The van der Waals surface area contributed by atoms with Crippen molar-refractivity contribution in [1.29, 1.82) is 0 Å². The maximum Gasteiger partial charge on any atom is 0.416 e. The van der Waals surface area contributed by atoms with E-state index in [4.69, 9.17) is 4.74 Å². The molecule has 0 spiro atoms. The summed E-state index contributed by atoms with van der Waals surface area (Å²) < 4.78 is 86.8. The highest BCUT2D eigenvalue weighted by Crippen LogP contribution is 2.49. The van der Waals surface area contributed by atoms with Crippen LogP contribution in [0.15, 0.2) is 36.4 Å². The lowest BCUT2D eigenvalue weighted by Crippen LogP contribution is -2.57. The topological polar surface area (TPSA) is 93.5 Å². The number of aliphatic hydroxyl groups is 2. The minimum Gasteiger partial charge on any atom is -0.497 e. The first-order chi connectivity index (χ1) is 21.0. The molecule has 2 aromatic carbocycles. The number of nitrogens with zero attached hydrogens (tertiary/aromatic N) is 3. The number of benzene rings is 2. The monoisotopic (exact) mass is 645 g/mol. The number of rotatable bonds is 8. The van der Waals surface area contributed by atoms with Crippen LogP contribution in [0.3, 0.4) is 0 Å². The van der Waals surface area contributed by atoms with Crippen molar-refractivity contribution in [2.45, 2.75) is 63.6 Å². The molecular formula is C31H37F6N3O5. The Labute approximate surface area is 257 Å². The van der Waals surface area contributed by atoms with Gasteiger partial charge in [0.1, 0.15) is 5.75 Å². The fraction of sp³-hybridized carbons (Fsp3) is 0.548. The van der Waals surface area contributed by atoms with Crippen LogP contribution < -0.4 is 4.74 Å². The number of ether oxygens (including phenoxy) is 1. The summed E-state index contributed by atoms with van der Waals surface area (Å²) in [5.74, 6) is 0.305. The molecule has 2 fully saturated rings. The van der Waals surface area contributed by atoms with Gasteiger partial charge in [-0.3, -0.25) is 4.79 Å². The second kappa shape index (κ2) is 12.7. The number of carbonyl (C=O) groups is 2. The van der Waals surface area contributed by atoms with Crippen LogP contribution >= 0.6 is 0 Å². The first-order valence-electron chi connectivity index (χ1n) is 14.5. The number of urea groups is 1. The number of methoxy groups -OCH3 is 1. The molecule has 0 radical (unpaired) electrons. The summed E-state index contributed by atoms with van der Waals surface area (Å²) in [4.78, 5) is 32.1. The Morgan fingerprint density at radius 2 is 1.60 bits per heavy atom. The second-order valence-electron chi connectivity index (χ2n) is 11.8. The zero-order chi connectivity index (χ0) is 33.5. The Balaban J connectivity index is 1.77. The van der Waals surface area contributed by atoms with E-state index in [0.717, 1.165) is 10.5 Å². The zero-order valence-electron chi connectivity index (χ0n) is 25.4. The van der Waals surface area contributed by atoms with E-state index < -0.39 is 53.1 Å². The van der Waals surface area contributed by atoms with Crippen molar-refractivity contribution >= 4 is 11.9 Å². The number of aliphatic hydroxyl groups excluding tert-OH is 2. The van der Waals surface area contributed by atoms with Crippen LogP contribution in [0.4, 0.5) is 31.1 Å². The van der Waals surface area contributed by atoms with Gasteiger partial charge in [-0.1, -0.05) is 6.07 Å². The molecule has 4 rings (SSSR count). The van der Waals surface area contributed by atoms with Crippen molar-refractivity contribution in [3.63, 3.8) is 0 Å². The van der Waals surface area contributed by atoms with Crippen LogP contribution in [-0.2, 0) is 17.1 Å². The first-order valence-corrected chi connectivity index (χ1v) is 14.5. The van der Waals surface area contributed by atoms with Gasteiger partial charge in [0.2, 0.25) is 5.91 Å². The summed E-state index contributed by atoms with van der Waals surface area (Å²) in [6.45, 7) is 2.71. The van der Waals surface area contributed by atoms with Crippen LogP contribution in [0.1, 0.15) is 66.1 Å². The highest BCUT2D eigenvalue weighted by molar-refractivity contribution is 5.86. The Kier molecular flexibility index (Phi) is 9.70. The van der Waals surface area contributed by atoms with Gasteiger partial charge in [0, 0.05) is 33.4 Å². The van der Waals surface area contributed by atoms with Crippen molar-refractivity contribution in [2.75, 3.05) is 40.5 Å². The molecule has 8 nitrogen and oxygen atoms in total. The number of piperazine rings is 1. The predicted molar refractivity (Wildman–Crippen MR) is 151 cm³/mol. The summed E-state index contributed by atoms with van der Waals surface area (Å²) in [6, 6.07) is 3.32. The lowest BCUT2D eigenvalue weighted by Gasteiger charge is -2.47. The van der Waals surface area contributed by atoms with E-state index in [0.29, 0.717) is 23.4 Å². The van der Waals surface area contributed by atoms with E-state index >= 15 is 0 Å². The van der Waals surface area contributed by atoms with E-state index in [1.807, 2.05) is 0 Å². The number of hydrogen-bond donors (Lipinski definition) is 2. The molecule has 2 aliphatic rings. The van der Waals surface area contributed by atoms with E-state index in [1.165, 1.54) is 26.0 Å². The van der Waals surface area contributed by atoms with Crippen LogP contribution in [0.2, 0.25) is 0 Å². The minimum absolute atomic E-state index is 0.0268. The highest BCUT2D eigenvalue weighted by atomic mass is 19.4. The van der Waals surface area contributed by atoms with Gasteiger partial charge < -0.3 is 29.6 Å². The van der Waals surface area contributed by atoms with Gasteiger partial charge >= 0.3 is 18.4 Å². The Morgan fingerprint density at radius 3 is 2.09 bits per heavy atom. The lowest BCUT2D eigenvalue weighted by atomic mass is 9.77. The molecule has 2 saturated heterocycles. The molecule has 248 valence electrons. The first kappa shape index (κ1) is 34.4. The molecular weight excluding hydrogens is 608 g/mol. The molecule has 2 aromatic rings. The highest BCUT2D eigenvalue weighted by Gasteiger charge is 2.56. The van der Waals surface area contributed by atoms with Crippen LogP contribution in [0.25, 0.3) is 0 Å². The molecule has 45 heavy (non-hydrogen) atoms. The van der Waals surface area contributed by atoms with Crippen LogP contribution in [0.5, 0.6) is 5.75 Å². The molecule has 0 saturated carbocycles. The van der Waals surface area contributed by atoms with Crippen molar-refractivity contribution in [3.8, 4) is 5.75 Å². The largest absolute Gasteiger partial charge is 0.497 e. The van der Waals surface area contributed by atoms with Gasteiger partial charge in [0.05, 0.1) is 41.8 Å². The maximum atomic E-state index is 14.2. The zero-order valence-corrected chi connectivity index (χ0v) is 25.4. The number of hydrogen-bond acceptors (Lipinski definition) is 5. The standard InChI is InChI=1S/C31H37F6N3O5/c1-18-13-23(45-4)5-6-24(18)26-25-17-29(7-11-41,8-12-42)27(43)39(25)9-10-40(26)28(44)38(3)19(2)20-14-21(30(32,33)34)16-22(15-20)31(35,36)37/h5-6,13-16,19,25-26,41-42H,7-12,17H2,1-4H3/t19-,25+,26+/m1/s1. The quantitative estimate of drug-likeness (QED) is 0.367. The molecule has 2 aliphatic heterocycles. The van der Waals surface area contributed by atoms with Gasteiger partial charge in [-0.15, -0.1) is 0 Å². The molecule has 3 atom stereocenters. The van der Waals surface area contributed by atoms with E-state index in [9.17, 15) is 46.1 Å². The van der Waals surface area contributed by atoms with Crippen LogP contribution in [-0.4, -0.2) is 83.4 Å². The Bertz CT molecular complexity index is 1380. The maximum absolute atomic E-state index is 14.2. The smallest absolute Gasteiger partial charge is 0.416 e. The molecule has 0 unspecified atom stereocenters. The number of carbonyl (C=O) groups excluding carboxylic acids is 2. The number of aryl methyl sites for hydroxylation is 1. The molecule has 0 aliphatic carbocycles. The molecule has 0 aromatic heterocycles. The van der Waals surface area contributed by atoms with Gasteiger partial charge in [0.15, 0.2) is 0 Å². The fourth-order valence-electron chi connectivity index (χ4n) is 6.64.